The van der Waals surface area contributed by atoms with Crippen LogP contribution in [-0.2, 0) is 6.42 Å². The van der Waals surface area contributed by atoms with Crippen molar-refractivity contribution in [3.8, 4) is 11.4 Å². The predicted molar refractivity (Wildman–Crippen MR) is 93.2 cm³/mol. The third-order valence-electron chi connectivity index (χ3n) is 3.10. The fraction of sp³-hybridized carbons (Fsp3) is 0.375. The van der Waals surface area contributed by atoms with Gasteiger partial charge in [-0.1, -0.05) is 49.2 Å². The van der Waals surface area contributed by atoms with Crippen LogP contribution < -0.4 is 0 Å². The van der Waals surface area contributed by atoms with Gasteiger partial charge in [0.25, 0.3) is 0 Å². The number of benzene rings is 1. The van der Waals surface area contributed by atoms with Crippen molar-refractivity contribution in [2.24, 2.45) is 5.92 Å². The molecule has 0 atom stereocenters. The molecule has 1 heterocycles. The van der Waals surface area contributed by atoms with E-state index in [2.05, 4.69) is 73.5 Å². The maximum Gasteiger partial charge on any atom is 0.161 e. The number of hydrogen-bond donors (Lipinski definition) is 0. The van der Waals surface area contributed by atoms with Gasteiger partial charge in [-0.2, -0.15) is 0 Å². The van der Waals surface area contributed by atoms with Gasteiger partial charge < -0.3 is 0 Å². The van der Waals surface area contributed by atoms with Crippen molar-refractivity contribution in [1.82, 2.24) is 9.97 Å². The molecule has 0 unspecified atom stereocenters. The van der Waals surface area contributed by atoms with E-state index in [4.69, 9.17) is 16.6 Å². The average molecular weight is 401 g/mol. The van der Waals surface area contributed by atoms with Crippen LogP contribution in [0.25, 0.3) is 11.4 Å². The van der Waals surface area contributed by atoms with Gasteiger partial charge in [0.15, 0.2) is 5.82 Å². The number of nitrogens with zero attached hydrogens (tertiary/aromatic N) is 2. The van der Waals surface area contributed by atoms with Gasteiger partial charge in [-0.15, -0.1) is 0 Å². The van der Waals surface area contributed by atoms with Crippen LogP contribution in [0.4, 0.5) is 0 Å². The number of hydrogen-bond acceptors (Lipinski definition) is 2. The first kappa shape index (κ1) is 15.7. The van der Waals surface area contributed by atoms with Crippen molar-refractivity contribution in [3.63, 3.8) is 0 Å². The topological polar surface area (TPSA) is 25.8 Å². The highest BCUT2D eigenvalue weighted by Crippen LogP contribution is 2.27. The molecule has 20 heavy (non-hydrogen) atoms. The van der Waals surface area contributed by atoms with Crippen LogP contribution in [0.3, 0.4) is 0 Å². The summed E-state index contributed by atoms with van der Waals surface area (Å²) in [6.07, 6.45) is 0.915. The molecular formula is C16H18ClIN2. The first-order valence-electron chi connectivity index (χ1n) is 6.68. The van der Waals surface area contributed by atoms with Crippen LogP contribution in [0.2, 0.25) is 5.15 Å². The van der Waals surface area contributed by atoms with Crippen LogP contribution in [0, 0.1) is 23.3 Å². The first-order valence-corrected chi connectivity index (χ1v) is 8.13. The van der Waals surface area contributed by atoms with Crippen LogP contribution in [0.5, 0.6) is 0 Å². The molecule has 106 valence electrons. The second kappa shape index (κ2) is 6.39. The minimum absolute atomic E-state index is 0.543. The maximum absolute atomic E-state index is 6.28. The molecular weight excluding hydrogens is 383 g/mol. The van der Waals surface area contributed by atoms with Crippen LogP contribution in [-0.4, -0.2) is 9.97 Å². The molecule has 0 saturated heterocycles. The van der Waals surface area contributed by atoms with Crippen molar-refractivity contribution in [1.29, 1.82) is 0 Å². The lowest BCUT2D eigenvalue weighted by Crippen LogP contribution is -2.05. The highest BCUT2D eigenvalue weighted by molar-refractivity contribution is 14.1. The largest absolute Gasteiger partial charge is 0.232 e. The molecule has 0 saturated carbocycles. The van der Waals surface area contributed by atoms with Gasteiger partial charge in [-0.25, -0.2) is 9.97 Å². The summed E-state index contributed by atoms with van der Waals surface area (Å²) in [4.78, 5) is 9.18. The minimum atomic E-state index is 0.543. The molecule has 2 rings (SSSR count). The Morgan fingerprint density at radius 1 is 1.20 bits per heavy atom. The number of aryl methyl sites for hydroxylation is 2. The molecule has 0 aliphatic heterocycles. The molecule has 1 aromatic heterocycles. The lowest BCUT2D eigenvalue weighted by Gasteiger charge is -2.12. The van der Waals surface area contributed by atoms with Crippen molar-refractivity contribution in [2.75, 3.05) is 0 Å². The molecule has 2 nitrogen and oxygen atoms in total. The summed E-state index contributed by atoms with van der Waals surface area (Å²) in [5, 5.41) is 0.547. The number of halogens is 2. The lowest BCUT2D eigenvalue weighted by molar-refractivity contribution is 0.632. The molecule has 2 aromatic rings. The molecule has 0 fully saturated rings. The number of rotatable bonds is 3. The minimum Gasteiger partial charge on any atom is -0.232 e. The molecule has 0 amide bonds. The van der Waals surface area contributed by atoms with Gasteiger partial charge in [-0.05, 0) is 54.3 Å². The highest BCUT2D eigenvalue weighted by atomic mass is 127. The average Bonchev–Trinajstić information content (AvgIpc) is 2.34. The second-order valence-electron chi connectivity index (χ2n) is 5.52. The SMILES string of the molecule is Cc1ccc(-c2nc(Cl)c(I)c(CC(C)C)n2)c(C)c1. The second-order valence-corrected chi connectivity index (χ2v) is 6.95. The van der Waals surface area contributed by atoms with E-state index in [0.717, 1.165) is 27.1 Å². The molecule has 0 N–H and O–H groups in total. The molecule has 0 spiro atoms. The van der Waals surface area contributed by atoms with Crippen molar-refractivity contribution in [2.45, 2.75) is 34.1 Å². The predicted octanol–water partition coefficient (Wildman–Crippen LogP) is 5.22. The fourth-order valence-corrected chi connectivity index (χ4v) is 2.82. The highest BCUT2D eigenvalue weighted by Gasteiger charge is 2.14. The van der Waals surface area contributed by atoms with Gasteiger partial charge >= 0.3 is 0 Å². The van der Waals surface area contributed by atoms with Crippen molar-refractivity contribution >= 4 is 34.2 Å². The van der Waals surface area contributed by atoms with E-state index in [0.29, 0.717) is 11.1 Å². The Morgan fingerprint density at radius 2 is 1.90 bits per heavy atom. The van der Waals surface area contributed by atoms with E-state index in [1.54, 1.807) is 0 Å². The Labute approximate surface area is 139 Å². The molecule has 4 heteroatoms. The van der Waals surface area contributed by atoms with Gasteiger partial charge in [-0.3, -0.25) is 0 Å². The van der Waals surface area contributed by atoms with E-state index in [9.17, 15) is 0 Å². The van der Waals surface area contributed by atoms with Crippen molar-refractivity contribution in [3.05, 3.63) is 43.7 Å². The Hall–Kier alpha value is -0.680. The molecule has 0 radical (unpaired) electrons. The Balaban J connectivity index is 2.54. The van der Waals surface area contributed by atoms with Gasteiger partial charge in [0, 0.05) is 5.56 Å². The summed E-state index contributed by atoms with van der Waals surface area (Å²) in [5.74, 6) is 1.27. The summed E-state index contributed by atoms with van der Waals surface area (Å²) in [6, 6.07) is 6.30. The van der Waals surface area contributed by atoms with E-state index in [1.807, 2.05) is 0 Å². The summed E-state index contributed by atoms with van der Waals surface area (Å²) in [6.45, 7) is 8.54. The maximum atomic E-state index is 6.28. The summed E-state index contributed by atoms with van der Waals surface area (Å²) in [7, 11) is 0. The monoisotopic (exact) mass is 400 g/mol. The van der Waals surface area contributed by atoms with Gasteiger partial charge in [0.05, 0.1) is 9.26 Å². The number of aromatic nitrogens is 2. The van der Waals surface area contributed by atoms with Gasteiger partial charge in [0.1, 0.15) is 5.15 Å². The Kier molecular flexibility index (Phi) is 5.02. The molecule has 0 bridgehead atoms. The summed E-state index contributed by atoms with van der Waals surface area (Å²) < 4.78 is 0.964. The molecule has 0 aliphatic rings. The van der Waals surface area contributed by atoms with E-state index >= 15 is 0 Å². The third kappa shape index (κ3) is 3.50. The quantitative estimate of drug-likeness (QED) is 0.521. The Morgan fingerprint density at radius 3 is 2.50 bits per heavy atom. The fourth-order valence-electron chi connectivity index (χ4n) is 2.17. The molecule has 0 aliphatic carbocycles. The van der Waals surface area contributed by atoms with E-state index in [1.165, 1.54) is 11.1 Å². The summed E-state index contributed by atoms with van der Waals surface area (Å²) in [5.41, 5.74) is 4.51. The zero-order valence-corrected chi connectivity index (χ0v) is 15.1. The first-order chi connectivity index (χ1) is 9.38. The third-order valence-corrected chi connectivity index (χ3v) is 4.83. The van der Waals surface area contributed by atoms with Crippen LogP contribution >= 0.6 is 34.2 Å². The smallest absolute Gasteiger partial charge is 0.161 e. The standard InChI is InChI=1S/C16H18ClIN2/c1-9(2)7-13-14(18)15(17)20-16(19-13)12-6-5-10(3)8-11(12)4/h5-6,8-9H,7H2,1-4H3. The molecule has 1 aromatic carbocycles. The zero-order chi connectivity index (χ0) is 14.9. The van der Waals surface area contributed by atoms with Gasteiger partial charge in [0.2, 0.25) is 0 Å². The van der Waals surface area contributed by atoms with E-state index < -0.39 is 0 Å². The van der Waals surface area contributed by atoms with Crippen molar-refractivity contribution < 1.29 is 0 Å². The van der Waals surface area contributed by atoms with Crippen LogP contribution in [0.15, 0.2) is 18.2 Å². The Bertz CT molecular complexity index is 639. The lowest BCUT2D eigenvalue weighted by atomic mass is 10.0. The summed E-state index contributed by atoms with van der Waals surface area (Å²) >= 11 is 8.51. The van der Waals surface area contributed by atoms with Crippen LogP contribution in [0.1, 0.15) is 30.7 Å². The van der Waals surface area contributed by atoms with E-state index in [-0.39, 0.29) is 0 Å². The normalized spacial score (nSPS) is 11.2. The zero-order valence-electron chi connectivity index (χ0n) is 12.2.